The van der Waals surface area contributed by atoms with Crippen molar-refractivity contribution < 1.29 is 9.59 Å². The standard InChI is InChI=1S/C20H31N3O2/c1-4-22(5-2)20(25)23-13-9-12-18(15-23)19(24)21-14-16(3)17-10-7-6-8-11-17/h6-8,10-11,16,18H,4-5,9,12-15H2,1-3H3,(H,21,24)/t16-,18-/m0/s1. The van der Waals surface area contributed by atoms with Crippen molar-refractivity contribution in [1.29, 1.82) is 0 Å². The van der Waals surface area contributed by atoms with Crippen LogP contribution in [-0.2, 0) is 4.79 Å². The molecule has 2 rings (SSSR count). The summed E-state index contributed by atoms with van der Waals surface area (Å²) >= 11 is 0. The van der Waals surface area contributed by atoms with E-state index in [4.69, 9.17) is 0 Å². The highest BCUT2D eigenvalue weighted by molar-refractivity contribution is 5.81. The molecule has 1 heterocycles. The second kappa shape index (κ2) is 9.44. The molecule has 3 amide bonds. The molecule has 2 atom stereocenters. The number of nitrogens with zero attached hydrogens (tertiary/aromatic N) is 2. The van der Waals surface area contributed by atoms with E-state index in [-0.39, 0.29) is 23.8 Å². The predicted octanol–water partition coefficient (Wildman–Crippen LogP) is 3.08. The summed E-state index contributed by atoms with van der Waals surface area (Å²) < 4.78 is 0. The van der Waals surface area contributed by atoms with Crippen LogP contribution in [0.15, 0.2) is 30.3 Å². The lowest BCUT2D eigenvalue weighted by Gasteiger charge is -2.35. The molecule has 138 valence electrons. The Hall–Kier alpha value is -2.04. The molecular weight excluding hydrogens is 314 g/mol. The van der Waals surface area contributed by atoms with Gasteiger partial charge in [-0.3, -0.25) is 4.79 Å². The third kappa shape index (κ3) is 5.21. The Morgan fingerprint density at radius 3 is 2.56 bits per heavy atom. The fourth-order valence-corrected chi connectivity index (χ4v) is 3.36. The monoisotopic (exact) mass is 345 g/mol. The lowest BCUT2D eigenvalue weighted by molar-refractivity contribution is -0.126. The van der Waals surface area contributed by atoms with Gasteiger partial charge in [0.1, 0.15) is 0 Å². The van der Waals surface area contributed by atoms with E-state index in [2.05, 4.69) is 24.4 Å². The van der Waals surface area contributed by atoms with Crippen molar-refractivity contribution >= 4 is 11.9 Å². The highest BCUT2D eigenvalue weighted by Crippen LogP contribution is 2.19. The van der Waals surface area contributed by atoms with Crippen LogP contribution in [0.25, 0.3) is 0 Å². The van der Waals surface area contributed by atoms with Crippen LogP contribution in [0.1, 0.15) is 45.1 Å². The predicted molar refractivity (Wildman–Crippen MR) is 100 cm³/mol. The number of benzene rings is 1. The summed E-state index contributed by atoms with van der Waals surface area (Å²) in [5.41, 5.74) is 1.23. The molecule has 1 aliphatic heterocycles. The van der Waals surface area contributed by atoms with E-state index >= 15 is 0 Å². The zero-order chi connectivity index (χ0) is 18.2. The lowest BCUT2D eigenvalue weighted by Crippen LogP contribution is -2.50. The molecule has 1 fully saturated rings. The van der Waals surface area contributed by atoms with Crippen molar-refractivity contribution in [2.75, 3.05) is 32.7 Å². The van der Waals surface area contributed by atoms with Crippen LogP contribution in [0.2, 0.25) is 0 Å². The normalized spacial score (nSPS) is 18.5. The number of hydrogen-bond acceptors (Lipinski definition) is 2. The minimum absolute atomic E-state index is 0.0557. The molecular formula is C20H31N3O2. The van der Waals surface area contributed by atoms with E-state index < -0.39 is 0 Å². The van der Waals surface area contributed by atoms with Gasteiger partial charge in [-0.15, -0.1) is 0 Å². The summed E-state index contributed by atoms with van der Waals surface area (Å²) in [6.45, 7) is 9.41. The molecule has 25 heavy (non-hydrogen) atoms. The molecule has 0 aliphatic carbocycles. The first kappa shape index (κ1) is 19.3. The number of nitrogens with one attached hydrogen (secondary N) is 1. The van der Waals surface area contributed by atoms with Gasteiger partial charge in [0.05, 0.1) is 5.92 Å². The highest BCUT2D eigenvalue weighted by Gasteiger charge is 2.30. The van der Waals surface area contributed by atoms with Crippen molar-refractivity contribution in [2.24, 2.45) is 5.92 Å². The van der Waals surface area contributed by atoms with Crippen molar-refractivity contribution in [3.05, 3.63) is 35.9 Å². The zero-order valence-electron chi connectivity index (χ0n) is 15.7. The third-order valence-electron chi connectivity index (χ3n) is 5.05. The van der Waals surface area contributed by atoms with Gasteiger partial charge in [0, 0.05) is 32.7 Å². The van der Waals surface area contributed by atoms with Gasteiger partial charge in [-0.1, -0.05) is 37.3 Å². The fraction of sp³-hybridized carbons (Fsp3) is 0.600. The van der Waals surface area contributed by atoms with Gasteiger partial charge in [0.25, 0.3) is 0 Å². The van der Waals surface area contributed by atoms with Gasteiger partial charge in [-0.25, -0.2) is 4.79 Å². The number of carbonyl (C=O) groups excluding carboxylic acids is 2. The maximum Gasteiger partial charge on any atom is 0.320 e. The summed E-state index contributed by atoms with van der Waals surface area (Å²) in [5.74, 6) is 0.248. The van der Waals surface area contributed by atoms with Crippen molar-refractivity contribution in [1.82, 2.24) is 15.1 Å². The average molecular weight is 345 g/mol. The van der Waals surface area contributed by atoms with Crippen LogP contribution in [0.5, 0.6) is 0 Å². The number of carbonyl (C=O) groups is 2. The number of amides is 3. The number of urea groups is 1. The van der Waals surface area contributed by atoms with Gasteiger partial charge < -0.3 is 15.1 Å². The number of rotatable bonds is 6. The maximum absolute atomic E-state index is 12.5. The number of likely N-dealkylation sites (tertiary alicyclic amines) is 1. The topological polar surface area (TPSA) is 52.7 Å². The Kier molecular flexibility index (Phi) is 7.29. The summed E-state index contributed by atoms with van der Waals surface area (Å²) in [5, 5.41) is 3.08. The van der Waals surface area contributed by atoms with E-state index in [1.54, 1.807) is 0 Å². The van der Waals surface area contributed by atoms with Gasteiger partial charge in [-0.2, -0.15) is 0 Å². The average Bonchev–Trinajstić information content (AvgIpc) is 2.67. The first-order valence-electron chi connectivity index (χ1n) is 9.43. The quantitative estimate of drug-likeness (QED) is 0.861. The Labute approximate surface area is 151 Å². The molecule has 1 aliphatic rings. The van der Waals surface area contributed by atoms with E-state index in [1.807, 2.05) is 41.8 Å². The second-order valence-electron chi connectivity index (χ2n) is 6.80. The number of hydrogen-bond donors (Lipinski definition) is 1. The molecule has 5 nitrogen and oxygen atoms in total. The maximum atomic E-state index is 12.5. The van der Waals surface area contributed by atoms with Crippen LogP contribution < -0.4 is 5.32 Å². The number of piperidine rings is 1. The summed E-state index contributed by atoms with van der Waals surface area (Å²) in [6, 6.07) is 10.3. The van der Waals surface area contributed by atoms with Gasteiger partial charge in [0.2, 0.25) is 5.91 Å². The molecule has 0 bridgehead atoms. The smallest absolute Gasteiger partial charge is 0.320 e. The van der Waals surface area contributed by atoms with Crippen molar-refractivity contribution in [3.63, 3.8) is 0 Å². The van der Waals surface area contributed by atoms with Crippen LogP contribution in [0, 0.1) is 5.92 Å². The SMILES string of the molecule is CCN(CC)C(=O)N1CCC[C@H](C(=O)NC[C@H](C)c2ccccc2)C1. The Morgan fingerprint density at radius 2 is 1.92 bits per heavy atom. The summed E-state index contributed by atoms with van der Waals surface area (Å²) in [7, 11) is 0. The highest BCUT2D eigenvalue weighted by atomic mass is 16.2. The van der Waals surface area contributed by atoms with E-state index in [9.17, 15) is 9.59 Å². The van der Waals surface area contributed by atoms with E-state index in [0.29, 0.717) is 26.2 Å². The molecule has 0 saturated carbocycles. The first-order chi connectivity index (χ1) is 12.1. The molecule has 1 aromatic carbocycles. The summed E-state index contributed by atoms with van der Waals surface area (Å²) in [6.07, 6.45) is 1.74. The molecule has 0 unspecified atom stereocenters. The molecule has 1 aromatic rings. The van der Waals surface area contributed by atoms with E-state index in [1.165, 1.54) is 5.56 Å². The zero-order valence-corrected chi connectivity index (χ0v) is 15.7. The van der Waals surface area contributed by atoms with Gasteiger partial charge in [0.15, 0.2) is 0 Å². The van der Waals surface area contributed by atoms with Gasteiger partial charge >= 0.3 is 6.03 Å². The van der Waals surface area contributed by atoms with Gasteiger partial charge in [-0.05, 0) is 38.2 Å². The van der Waals surface area contributed by atoms with E-state index in [0.717, 1.165) is 19.4 Å². The van der Waals surface area contributed by atoms with Crippen LogP contribution in [0.3, 0.4) is 0 Å². The Bertz CT molecular complexity index is 557. The molecule has 1 saturated heterocycles. The molecule has 0 aromatic heterocycles. The lowest BCUT2D eigenvalue weighted by atomic mass is 9.96. The van der Waals surface area contributed by atoms with Crippen molar-refractivity contribution in [3.8, 4) is 0 Å². The third-order valence-corrected chi connectivity index (χ3v) is 5.05. The van der Waals surface area contributed by atoms with Crippen molar-refractivity contribution in [2.45, 2.75) is 39.5 Å². The fourth-order valence-electron chi connectivity index (χ4n) is 3.36. The second-order valence-corrected chi connectivity index (χ2v) is 6.80. The van der Waals surface area contributed by atoms with Crippen LogP contribution in [-0.4, -0.2) is 54.5 Å². The Morgan fingerprint density at radius 1 is 1.24 bits per heavy atom. The molecule has 0 spiro atoms. The summed E-state index contributed by atoms with van der Waals surface area (Å²) in [4.78, 5) is 28.7. The van der Waals surface area contributed by atoms with Crippen LogP contribution >= 0.6 is 0 Å². The van der Waals surface area contributed by atoms with Crippen LogP contribution in [0.4, 0.5) is 4.79 Å². The molecule has 5 heteroatoms. The first-order valence-corrected chi connectivity index (χ1v) is 9.43. The molecule has 1 N–H and O–H groups in total. The Balaban J connectivity index is 1.86. The molecule has 0 radical (unpaired) electrons. The minimum Gasteiger partial charge on any atom is -0.355 e. The largest absolute Gasteiger partial charge is 0.355 e. The minimum atomic E-state index is -0.101.